The molecule has 0 amide bonds. The summed E-state index contributed by atoms with van der Waals surface area (Å²) in [4.78, 5) is 16.7. The van der Waals surface area contributed by atoms with Crippen molar-refractivity contribution in [2.75, 3.05) is 24.5 Å². The summed E-state index contributed by atoms with van der Waals surface area (Å²) in [6.45, 7) is 4.80. The number of nitrogens with one attached hydrogen (secondary N) is 1. The molecule has 1 aromatic rings. The summed E-state index contributed by atoms with van der Waals surface area (Å²) >= 11 is 0. The van der Waals surface area contributed by atoms with Crippen LogP contribution in [0.2, 0.25) is 0 Å². The lowest BCUT2D eigenvalue weighted by Gasteiger charge is -2.35. The van der Waals surface area contributed by atoms with Gasteiger partial charge in [0.05, 0.1) is 4.92 Å². The fourth-order valence-corrected chi connectivity index (χ4v) is 2.66. The minimum absolute atomic E-state index is 0.123. The van der Waals surface area contributed by atoms with Gasteiger partial charge in [-0.3, -0.25) is 10.1 Å². The summed E-state index contributed by atoms with van der Waals surface area (Å²) in [5.74, 6) is 0.646. The standard InChI is InChI=1S/C14H19N5O2/c1-2-8-18(11-4-3-7-16-10-11)14-6-5-13(19(20)21)12(9-15)17-14/h5-6,11,16H,2-4,7-8,10H2,1H3. The van der Waals surface area contributed by atoms with Crippen molar-refractivity contribution in [3.05, 3.63) is 27.9 Å². The predicted molar refractivity (Wildman–Crippen MR) is 79.1 cm³/mol. The molecule has 0 aliphatic carbocycles. The number of nitrogens with zero attached hydrogens (tertiary/aromatic N) is 4. The molecular formula is C14H19N5O2. The Morgan fingerprint density at radius 2 is 2.43 bits per heavy atom. The second-order valence-electron chi connectivity index (χ2n) is 5.10. The number of hydrogen-bond donors (Lipinski definition) is 1. The molecule has 0 saturated carbocycles. The molecule has 1 unspecified atom stereocenters. The van der Waals surface area contributed by atoms with Crippen LogP contribution in [0.25, 0.3) is 0 Å². The maximum absolute atomic E-state index is 10.9. The highest BCUT2D eigenvalue weighted by Crippen LogP contribution is 2.24. The first kappa shape index (κ1) is 15.2. The molecule has 0 radical (unpaired) electrons. The zero-order chi connectivity index (χ0) is 15.2. The van der Waals surface area contributed by atoms with E-state index in [-0.39, 0.29) is 11.4 Å². The first-order chi connectivity index (χ1) is 10.2. The molecule has 21 heavy (non-hydrogen) atoms. The summed E-state index contributed by atoms with van der Waals surface area (Å²) < 4.78 is 0. The van der Waals surface area contributed by atoms with Crippen LogP contribution in [-0.2, 0) is 0 Å². The SMILES string of the molecule is CCCN(c1ccc([N+](=O)[O-])c(C#N)n1)C1CCCNC1. The van der Waals surface area contributed by atoms with E-state index >= 15 is 0 Å². The van der Waals surface area contributed by atoms with Gasteiger partial charge in [0.15, 0.2) is 0 Å². The number of anilines is 1. The fraction of sp³-hybridized carbons (Fsp3) is 0.571. The van der Waals surface area contributed by atoms with Crippen LogP contribution in [-0.4, -0.2) is 35.6 Å². The Bertz CT molecular complexity index is 549. The number of aromatic nitrogens is 1. The minimum atomic E-state index is -0.568. The highest BCUT2D eigenvalue weighted by molar-refractivity contribution is 5.52. The zero-order valence-electron chi connectivity index (χ0n) is 12.1. The Labute approximate surface area is 123 Å². The Morgan fingerprint density at radius 1 is 1.62 bits per heavy atom. The molecule has 2 rings (SSSR count). The molecule has 1 fully saturated rings. The van der Waals surface area contributed by atoms with Gasteiger partial charge < -0.3 is 10.2 Å². The zero-order valence-corrected chi connectivity index (χ0v) is 12.1. The quantitative estimate of drug-likeness (QED) is 0.656. The third-order valence-electron chi connectivity index (χ3n) is 3.63. The third-order valence-corrected chi connectivity index (χ3v) is 3.63. The number of nitriles is 1. The fourth-order valence-electron chi connectivity index (χ4n) is 2.66. The van der Waals surface area contributed by atoms with E-state index < -0.39 is 4.92 Å². The lowest BCUT2D eigenvalue weighted by Crippen LogP contribution is -2.46. The van der Waals surface area contributed by atoms with Crippen molar-refractivity contribution >= 4 is 11.5 Å². The van der Waals surface area contributed by atoms with E-state index in [1.165, 1.54) is 6.07 Å². The van der Waals surface area contributed by atoms with Gasteiger partial charge in [-0.05, 0) is 31.9 Å². The summed E-state index contributed by atoms with van der Waals surface area (Å²) in [5.41, 5.74) is -0.359. The van der Waals surface area contributed by atoms with E-state index in [2.05, 4.69) is 22.1 Å². The van der Waals surface area contributed by atoms with E-state index in [1.807, 2.05) is 6.07 Å². The van der Waals surface area contributed by atoms with Crippen LogP contribution >= 0.6 is 0 Å². The van der Waals surface area contributed by atoms with Gasteiger partial charge in [-0.1, -0.05) is 6.92 Å². The molecule has 1 aliphatic rings. The lowest BCUT2D eigenvalue weighted by atomic mass is 10.1. The monoisotopic (exact) mass is 289 g/mol. The van der Waals surface area contributed by atoms with E-state index in [0.29, 0.717) is 11.9 Å². The maximum atomic E-state index is 10.9. The number of pyridine rings is 1. The van der Waals surface area contributed by atoms with Crippen molar-refractivity contribution in [1.82, 2.24) is 10.3 Å². The maximum Gasteiger partial charge on any atom is 0.305 e. The summed E-state index contributed by atoms with van der Waals surface area (Å²) in [5, 5.41) is 23.3. The van der Waals surface area contributed by atoms with Crippen molar-refractivity contribution in [3.8, 4) is 6.07 Å². The van der Waals surface area contributed by atoms with Gasteiger partial charge >= 0.3 is 5.69 Å². The van der Waals surface area contributed by atoms with Crippen LogP contribution in [0.1, 0.15) is 31.9 Å². The second-order valence-corrected chi connectivity index (χ2v) is 5.10. The van der Waals surface area contributed by atoms with Gasteiger partial charge in [-0.25, -0.2) is 4.98 Å². The molecule has 0 aromatic carbocycles. The minimum Gasteiger partial charge on any atom is -0.352 e. The number of nitro groups is 1. The molecule has 0 spiro atoms. The topological polar surface area (TPSA) is 95.1 Å². The van der Waals surface area contributed by atoms with Crippen molar-refractivity contribution in [1.29, 1.82) is 5.26 Å². The van der Waals surface area contributed by atoms with Crippen molar-refractivity contribution in [3.63, 3.8) is 0 Å². The van der Waals surface area contributed by atoms with Gasteiger partial charge in [0.2, 0.25) is 5.69 Å². The molecule has 112 valence electrons. The molecule has 1 atom stereocenters. The van der Waals surface area contributed by atoms with Crippen molar-refractivity contribution in [2.24, 2.45) is 0 Å². The van der Waals surface area contributed by atoms with Crippen LogP contribution in [0.3, 0.4) is 0 Å². The van der Waals surface area contributed by atoms with Gasteiger partial charge in [0, 0.05) is 25.2 Å². The van der Waals surface area contributed by atoms with Crippen LogP contribution in [0.15, 0.2) is 12.1 Å². The Morgan fingerprint density at radius 3 is 3.00 bits per heavy atom. The number of rotatable bonds is 5. The lowest BCUT2D eigenvalue weighted by molar-refractivity contribution is -0.385. The van der Waals surface area contributed by atoms with Crippen molar-refractivity contribution < 1.29 is 4.92 Å². The molecule has 2 heterocycles. The Kier molecular flexibility index (Phi) is 5.06. The van der Waals surface area contributed by atoms with Crippen LogP contribution in [0, 0.1) is 21.4 Å². The second kappa shape index (κ2) is 6.99. The summed E-state index contributed by atoms with van der Waals surface area (Å²) in [6, 6.07) is 5.16. The molecule has 7 nitrogen and oxygen atoms in total. The average molecular weight is 289 g/mol. The number of piperidine rings is 1. The van der Waals surface area contributed by atoms with Crippen LogP contribution < -0.4 is 10.2 Å². The first-order valence-electron chi connectivity index (χ1n) is 7.20. The Hall–Kier alpha value is -2.20. The normalized spacial score (nSPS) is 18.0. The first-order valence-corrected chi connectivity index (χ1v) is 7.20. The molecule has 1 aromatic heterocycles. The van der Waals surface area contributed by atoms with Crippen LogP contribution in [0.5, 0.6) is 0 Å². The van der Waals surface area contributed by atoms with E-state index in [1.54, 1.807) is 6.07 Å². The summed E-state index contributed by atoms with van der Waals surface area (Å²) in [7, 11) is 0. The highest BCUT2D eigenvalue weighted by atomic mass is 16.6. The molecule has 7 heteroatoms. The molecule has 1 aliphatic heterocycles. The van der Waals surface area contributed by atoms with E-state index in [0.717, 1.165) is 38.9 Å². The van der Waals surface area contributed by atoms with Gasteiger partial charge in [0.25, 0.3) is 0 Å². The van der Waals surface area contributed by atoms with Gasteiger partial charge in [-0.15, -0.1) is 0 Å². The van der Waals surface area contributed by atoms with Crippen molar-refractivity contribution in [2.45, 2.75) is 32.2 Å². The Balaban J connectivity index is 2.31. The molecule has 1 saturated heterocycles. The van der Waals surface area contributed by atoms with E-state index in [9.17, 15) is 10.1 Å². The predicted octanol–water partition coefficient (Wildman–Crippen LogP) is 1.83. The highest BCUT2D eigenvalue weighted by Gasteiger charge is 2.24. The largest absolute Gasteiger partial charge is 0.352 e. The third kappa shape index (κ3) is 3.47. The molecule has 1 N–H and O–H groups in total. The number of hydrogen-bond acceptors (Lipinski definition) is 6. The van der Waals surface area contributed by atoms with Gasteiger partial charge in [-0.2, -0.15) is 5.26 Å². The molecule has 0 bridgehead atoms. The van der Waals surface area contributed by atoms with E-state index in [4.69, 9.17) is 5.26 Å². The smallest absolute Gasteiger partial charge is 0.305 e. The molecular weight excluding hydrogens is 270 g/mol. The van der Waals surface area contributed by atoms with Crippen LogP contribution in [0.4, 0.5) is 11.5 Å². The average Bonchev–Trinajstić information content (AvgIpc) is 2.52. The summed E-state index contributed by atoms with van der Waals surface area (Å²) in [6.07, 6.45) is 3.12. The van der Waals surface area contributed by atoms with Gasteiger partial charge in [0.1, 0.15) is 11.9 Å².